The molecule has 8 rings (SSSR count). The van der Waals surface area contributed by atoms with Gasteiger partial charge in [-0.15, -0.1) is 0 Å². The number of ketones is 1. The van der Waals surface area contributed by atoms with Crippen LogP contribution in [0.15, 0.2) is 48.5 Å². The number of amides is 1. The summed E-state index contributed by atoms with van der Waals surface area (Å²) < 4.78 is 11.7. The zero-order chi connectivity index (χ0) is 35.4. The summed E-state index contributed by atoms with van der Waals surface area (Å²) in [7, 11) is 3.31. The molecule has 4 heterocycles. The van der Waals surface area contributed by atoms with Crippen LogP contribution in [0.3, 0.4) is 0 Å². The van der Waals surface area contributed by atoms with Crippen LogP contribution in [0, 0.1) is 5.92 Å². The van der Waals surface area contributed by atoms with Gasteiger partial charge in [0, 0.05) is 83.5 Å². The number of aromatic nitrogens is 2. The lowest BCUT2D eigenvalue weighted by Crippen LogP contribution is -2.50. The van der Waals surface area contributed by atoms with Crippen LogP contribution in [0.2, 0.25) is 10.0 Å². The molecule has 0 saturated carbocycles. The average Bonchev–Trinajstić information content (AvgIpc) is 3.84. The molecule has 264 valence electrons. The number of benzene rings is 2. The van der Waals surface area contributed by atoms with Crippen molar-refractivity contribution in [3.8, 4) is 45.4 Å². The van der Waals surface area contributed by atoms with Gasteiger partial charge in [0.1, 0.15) is 5.78 Å². The van der Waals surface area contributed by atoms with E-state index < -0.39 is 0 Å². The first-order valence-electron chi connectivity index (χ1n) is 17.7. The number of fused-ring (bicyclic) bond motifs is 2. The van der Waals surface area contributed by atoms with Crippen molar-refractivity contribution in [1.82, 2.24) is 25.5 Å². The second-order valence-electron chi connectivity index (χ2n) is 14.1. The van der Waals surface area contributed by atoms with Crippen LogP contribution < -0.4 is 20.1 Å². The molecule has 9 nitrogen and oxygen atoms in total. The second-order valence-corrected chi connectivity index (χ2v) is 14.9. The van der Waals surface area contributed by atoms with E-state index in [4.69, 9.17) is 42.6 Å². The van der Waals surface area contributed by atoms with E-state index in [-0.39, 0.29) is 35.7 Å². The molecular formula is C40H41Cl2N5O4. The monoisotopic (exact) mass is 725 g/mol. The highest BCUT2D eigenvalue weighted by Gasteiger charge is 2.40. The first kappa shape index (κ1) is 34.1. The number of carbonyl (C=O) groups is 2. The van der Waals surface area contributed by atoms with E-state index in [2.05, 4.69) is 27.7 Å². The molecule has 2 fully saturated rings. The summed E-state index contributed by atoms with van der Waals surface area (Å²) in [6, 6.07) is 16.6. The fourth-order valence-electron chi connectivity index (χ4n) is 8.36. The SMILES string of the molecule is COc1nc(-c2cccc(-c3cccc(-c4cc5c(c(OC)n4)[C@@H](NC[C@@H]4CCC(=O)N4)CC5)c3Cl)c2Cl)cc2c1C(N1CC(C(C)=O)C1)CC2. The summed E-state index contributed by atoms with van der Waals surface area (Å²) in [5, 5.41) is 7.78. The normalized spacial score (nSPS) is 21.3. The predicted molar refractivity (Wildman–Crippen MR) is 198 cm³/mol. The quantitative estimate of drug-likeness (QED) is 0.177. The van der Waals surface area contributed by atoms with Crippen LogP contribution in [-0.4, -0.2) is 66.5 Å². The van der Waals surface area contributed by atoms with Gasteiger partial charge in [0.25, 0.3) is 0 Å². The van der Waals surface area contributed by atoms with Gasteiger partial charge in [-0.3, -0.25) is 14.5 Å². The van der Waals surface area contributed by atoms with Crippen molar-refractivity contribution in [3.05, 3.63) is 80.8 Å². The summed E-state index contributed by atoms with van der Waals surface area (Å²) in [5.41, 5.74) is 9.25. The van der Waals surface area contributed by atoms with Crippen molar-refractivity contribution in [2.75, 3.05) is 33.9 Å². The van der Waals surface area contributed by atoms with Crippen LogP contribution in [0.4, 0.5) is 0 Å². The number of ether oxygens (including phenoxy) is 2. The number of Topliss-reactive ketones (excluding diaryl/α,β-unsaturated/α-hetero) is 1. The van der Waals surface area contributed by atoms with E-state index in [0.29, 0.717) is 34.8 Å². The van der Waals surface area contributed by atoms with Crippen molar-refractivity contribution in [2.45, 2.75) is 63.6 Å². The number of carbonyl (C=O) groups excluding carboxylic acids is 2. The van der Waals surface area contributed by atoms with Crippen molar-refractivity contribution in [2.24, 2.45) is 5.92 Å². The molecule has 0 spiro atoms. The maximum absolute atomic E-state index is 11.9. The van der Waals surface area contributed by atoms with E-state index in [9.17, 15) is 9.59 Å². The Hall–Kier alpha value is -4.02. The standard InChI is InChI=1S/C40H41Cl2N5O4/c1-21(48)24-19-47(20-24)33-14-11-23-17-32(46-40(51-3)36(23)33)29-9-5-7-27(38(29)42)26-6-4-8-28(37(26)41)31-16-22-10-13-30(35(22)39(45-31)50-2)43-18-25-12-15-34(49)44-25/h4-9,16-17,24-25,30,33,43H,10-15,18-20H2,1-3H3,(H,44,49)/t25-,30-,33?/m0/s1. The van der Waals surface area contributed by atoms with E-state index in [1.807, 2.05) is 36.4 Å². The van der Waals surface area contributed by atoms with Gasteiger partial charge in [-0.25, -0.2) is 9.97 Å². The summed E-state index contributed by atoms with van der Waals surface area (Å²) in [4.78, 5) is 35.8. The number of hydrogen-bond donors (Lipinski definition) is 2. The van der Waals surface area contributed by atoms with Gasteiger partial charge in [0.15, 0.2) is 0 Å². The Kier molecular flexibility index (Phi) is 9.25. The minimum atomic E-state index is 0.101. The lowest BCUT2D eigenvalue weighted by molar-refractivity contribution is -0.127. The number of methoxy groups -OCH3 is 2. The Morgan fingerprint density at radius 2 is 1.41 bits per heavy atom. The minimum Gasteiger partial charge on any atom is -0.481 e. The molecule has 0 radical (unpaired) electrons. The third-order valence-electron chi connectivity index (χ3n) is 11.1. The fraction of sp³-hybridized carbons (Fsp3) is 0.400. The molecule has 4 aliphatic rings. The number of nitrogens with zero attached hydrogens (tertiary/aromatic N) is 3. The van der Waals surface area contributed by atoms with E-state index in [1.54, 1.807) is 21.1 Å². The van der Waals surface area contributed by atoms with Gasteiger partial charge in [0.2, 0.25) is 17.7 Å². The van der Waals surface area contributed by atoms with Gasteiger partial charge in [-0.2, -0.15) is 0 Å². The van der Waals surface area contributed by atoms with Crippen LogP contribution in [0.1, 0.15) is 66.9 Å². The molecule has 2 aliphatic heterocycles. The van der Waals surface area contributed by atoms with Gasteiger partial charge in [0.05, 0.1) is 35.7 Å². The second kappa shape index (κ2) is 13.8. The molecule has 0 bridgehead atoms. The zero-order valence-electron chi connectivity index (χ0n) is 29.0. The number of pyridine rings is 2. The van der Waals surface area contributed by atoms with Crippen molar-refractivity contribution >= 4 is 34.9 Å². The molecule has 1 amide bonds. The molecule has 2 N–H and O–H groups in total. The lowest BCUT2D eigenvalue weighted by atomic mass is 9.92. The molecule has 3 atom stereocenters. The number of nitrogens with one attached hydrogen (secondary N) is 2. The number of halogens is 2. The highest BCUT2D eigenvalue weighted by atomic mass is 35.5. The molecule has 51 heavy (non-hydrogen) atoms. The zero-order valence-corrected chi connectivity index (χ0v) is 30.5. The molecule has 11 heteroatoms. The highest BCUT2D eigenvalue weighted by molar-refractivity contribution is 6.39. The first-order chi connectivity index (χ1) is 24.7. The molecular weight excluding hydrogens is 685 g/mol. The number of likely N-dealkylation sites (tertiary alicyclic amines) is 1. The van der Waals surface area contributed by atoms with Crippen LogP contribution in [-0.2, 0) is 22.4 Å². The Morgan fingerprint density at radius 3 is 1.98 bits per heavy atom. The van der Waals surface area contributed by atoms with Gasteiger partial charge < -0.3 is 20.1 Å². The maximum atomic E-state index is 11.9. The number of hydrogen-bond acceptors (Lipinski definition) is 8. The molecule has 2 aromatic carbocycles. The van der Waals surface area contributed by atoms with Gasteiger partial charge >= 0.3 is 0 Å². The Morgan fingerprint density at radius 1 is 0.843 bits per heavy atom. The molecule has 1 unspecified atom stereocenters. The molecule has 2 aromatic heterocycles. The van der Waals surface area contributed by atoms with Crippen LogP contribution in [0.5, 0.6) is 11.8 Å². The summed E-state index contributed by atoms with van der Waals surface area (Å²) in [5.74, 6) is 1.68. The fourth-order valence-corrected chi connectivity index (χ4v) is 9.01. The molecule has 2 saturated heterocycles. The van der Waals surface area contributed by atoms with Gasteiger partial charge in [-0.1, -0.05) is 59.6 Å². The molecule has 2 aliphatic carbocycles. The number of rotatable bonds is 10. The van der Waals surface area contributed by atoms with E-state index >= 15 is 0 Å². The highest BCUT2D eigenvalue weighted by Crippen LogP contribution is 2.47. The van der Waals surface area contributed by atoms with Crippen molar-refractivity contribution in [3.63, 3.8) is 0 Å². The van der Waals surface area contributed by atoms with Crippen molar-refractivity contribution < 1.29 is 19.1 Å². The maximum Gasteiger partial charge on any atom is 0.220 e. The molecule has 4 aromatic rings. The van der Waals surface area contributed by atoms with Crippen LogP contribution in [0.25, 0.3) is 33.6 Å². The lowest BCUT2D eigenvalue weighted by Gasteiger charge is -2.42. The first-order valence-corrected chi connectivity index (χ1v) is 18.5. The number of aryl methyl sites for hydroxylation is 2. The van der Waals surface area contributed by atoms with Crippen LogP contribution >= 0.6 is 23.2 Å². The Balaban J connectivity index is 1.09. The minimum absolute atomic E-state index is 0.101. The smallest absolute Gasteiger partial charge is 0.220 e. The Bertz CT molecular complexity index is 2050. The third kappa shape index (κ3) is 6.18. The predicted octanol–water partition coefficient (Wildman–Crippen LogP) is 7.17. The summed E-state index contributed by atoms with van der Waals surface area (Å²) in [6.45, 7) is 3.96. The third-order valence-corrected chi connectivity index (χ3v) is 12.0. The summed E-state index contributed by atoms with van der Waals surface area (Å²) in [6.07, 6.45) is 5.12. The van der Waals surface area contributed by atoms with Crippen molar-refractivity contribution in [1.29, 1.82) is 0 Å². The average molecular weight is 727 g/mol. The van der Waals surface area contributed by atoms with Gasteiger partial charge in [-0.05, 0) is 62.3 Å². The summed E-state index contributed by atoms with van der Waals surface area (Å²) >= 11 is 14.5. The Labute approximate surface area is 308 Å². The van der Waals surface area contributed by atoms with E-state index in [1.165, 1.54) is 11.1 Å². The van der Waals surface area contributed by atoms with E-state index in [0.717, 1.165) is 90.0 Å². The largest absolute Gasteiger partial charge is 0.481 e. The topological polar surface area (TPSA) is 106 Å².